The Morgan fingerprint density at radius 2 is 1.67 bits per heavy atom. The summed E-state index contributed by atoms with van der Waals surface area (Å²) in [6.07, 6.45) is 0.0974. The fourth-order valence-electron chi connectivity index (χ4n) is 2.51. The second kappa shape index (κ2) is 9.62. The number of esters is 1. The number of likely N-dealkylation sites (N-methyl/N-ethyl adjacent to an activating group) is 1. The molecule has 0 bridgehead atoms. The lowest BCUT2D eigenvalue weighted by Gasteiger charge is -2.18. The predicted molar refractivity (Wildman–Crippen MR) is 105 cm³/mol. The number of methoxy groups -OCH3 is 1. The third kappa shape index (κ3) is 6.33. The van der Waals surface area contributed by atoms with E-state index in [0.29, 0.717) is 12.3 Å². The molecule has 0 spiro atoms. The fourth-order valence-corrected chi connectivity index (χ4v) is 2.51. The van der Waals surface area contributed by atoms with Crippen molar-refractivity contribution in [2.75, 3.05) is 39.8 Å². The SMILES string of the molecule is COc1cccc(CC(=O)OCC(=O)N(C)Cc2ccc(N(C)C)cc2)c1. The summed E-state index contributed by atoms with van der Waals surface area (Å²) in [6.45, 7) is 0.190. The molecule has 2 aromatic rings. The van der Waals surface area contributed by atoms with Crippen LogP contribution >= 0.6 is 0 Å². The summed E-state index contributed by atoms with van der Waals surface area (Å²) in [5, 5.41) is 0. The summed E-state index contributed by atoms with van der Waals surface area (Å²) >= 11 is 0. The molecule has 6 heteroatoms. The minimum absolute atomic E-state index is 0.0974. The summed E-state index contributed by atoms with van der Waals surface area (Å²) in [6, 6.07) is 15.2. The molecule has 0 fully saturated rings. The third-order valence-corrected chi connectivity index (χ3v) is 4.14. The Bertz CT molecular complexity index is 772. The smallest absolute Gasteiger partial charge is 0.310 e. The quantitative estimate of drug-likeness (QED) is 0.668. The van der Waals surface area contributed by atoms with Crippen LogP contribution in [0.15, 0.2) is 48.5 Å². The number of carbonyl (C=O) groups excluding carboxylic acids is 2. The van der Waals surface area contributed by atoms with Gasteiger partial charge in [-0.15, -0.1) is 0 Å². The van der Waals surface area contributed by atoms with E-state index in [4.69, 9.17) is 9.47 Å². The van der Waals surface area contributed by atoms with Gasteiger partial charge in [-0.3, -0.25) is 9.59 Å². The van der Waals surface area contributed by atoms with Crippen LogP contribution in [0.5, 0.6) is 5.75 Å². The largest absolute Gasteiger partial charge is 0.497 e. The number of rotatable bonds is 8. The standard InChI is InChI=1S/C21H26N2O4/c1-22(2)18-10-8-16(9-11-18)14-23(3)20(24)15-27-21(25)13-17-6-5-7-19(12-17)26-4/h5-12H,13-15H2,1-4H3. The summed E-state index contributed by atoms with van der Waals surface area (Å²) in [7, 11) is 7.22. The van der Waals surface area contributed by atoms with E-state index in [1.807, 2.05) is 55.4 Å². The fraction of sp³-hybridized carbons (Fsp3) is 0.333. The maximum Gasteiger partial charge on any atom is 0.310 e. The highest BCUT2D eigenvalue weighted by molar-refractivity contribution is 5.81. The van der Waals surface area contributed by atoms with Crippen LogP contribution in [0, 0.1) is 0 Å². The maximum atomic E-state index is 12.2. The van der Waals surface area contributed by atoms with Gasteiger partial charge in [-0.25, -0.2) is 0 Å². The first kappa shape index (κ1) is 20.3. The first-order valence-electron chi connectivity index (χ1n) is 8.68. The van der Waals surface area contributed by atoms with E-state index in [1.165, 1.54) is 0 Å². The molecule has 0 aliphatic heterocycles. The van der Waals surface area contributed by atoms with Crippen LogP contribution in [-0.2, 0) is 27.3 Å². The highest BCUT2D eigenvalue weighted by Gasteiger charge is 2.13. The minimum Gasteiger partial charge on any atom is -0.497 e. The number of hydrogen-bond acceptors (Lipinski definition) is 5. The van der Waals surface area contributed by atoms with Crippen LogP contribution < -0.4 is 9.64 Å². The monoisotopic (exact) mass is 370 g/mol. The van der Waals surface area contributed by atoms with Crippen LogP contribution in [0.2, 0.25) is 0 Å². The third-order valence-electron chi connectivity index (χ3n) is 4.14. The summed E-state index contributed by atoms with van der Waals surface area (Å²) in [5.41, 5.74) is 2.89. The zero-order valence-corrected chi connectivity index (χ0v) is 16.3. The van der Waals surface area contributed by atoms with Crippen LogP contribution in [0.25, 0.3) is 0 Å². The van der Waals surface area contributed by atoms with Gasteiger partial charge in [0.1, 0.15) is 5.75 Å². The van der Waals surface area contributed by atoms with Crippen molar-refractivity contribution in [3.05, 3.63) is 59.7 Å². The second-order valence-corrected chi connectivity index (χ2v) is 6.50. The highest BCUT2D eigenvalue weighted by Crippen LogP contribution is 2.14. The highest BCUT2D eigenvalue weighted by atomic mass is 16.5. The van der Waals surface area contributed by atoms with Gasteiger partial charge < -0.3 is 19.3 Å². The molecule has 0 radical (unpaired) electrons. The molecule has 0 heterocycles. The van der Waals surface area contributed by atoms with Crippen molar-refractivity contribution < 1.29 is 19.1 Å². The van der Waals surface area contributed by atoms with Crippen molar-refractivity contribution in [1.29, 1.82) is 0 Å². The molecular formula is C21H26N2O4. The van der Waals surface area contributed by atoms with E-state index in [2.05, 4.69) is 0 Å². The first-order chi connectivity index (χ1) is 12.9. The lowest BCUT2D eigenvalue weighted by atomic mass is 10.1. The molecule has 0 N–H and O–H groups in total. The van der Waals surface area contributed by atoms with Crippen LogP contribution in [0.4, 0.5) is 5.69 Å². The number of ether oxygens (including phenoxy) is 2. The molecule has 0 aromatic heterocycles. The Morgan fingerprint density at radius 3 is 2.30 bits per heavy atom. The lowest BCUT2D eigenvalue weighted by Crippen LogP contribution is -2.31. The van der Waals surface area contributed by atoms with E-state index < -0.39 is 5.97 Å². The molecule has 0 unspecified atom stereocenters. The molecule has 27 heavy (non-hydrogen) atoms. The number of benzene rings is 2. The Balaban J connectivity index is 1.80. The van der Waals surface area contributed by atoms with Gasteiger partial charge in [-0.1, -0.05) is 24.3 Å². The second-order valence-electron chi connectivity index (χ2n) is 6.50. The zero-order valence-electron chi connectivity index (χ0n) is 16.3. The molecule has 0 aliphatic carbocycles. The Kier molecular flexibility index (Phi) is 7.23. The zero-order chi connectivity index (χ0) is 19.8. The molecule has 144 valence electrons. The van der Waals surface area contributed by atoms with Crippen molar-refractivity contribution in [3.8, 4) is 5.75 Å². The van der Waals surface area contributed by atoms with Gasteiger partial charge in [0, 0.05) is 33.4 Å². The summed E-state index contributed by atoms with van der Waals surface area (Å²) < 4.78 is 10.2. The van der Waals surface area contributed by atoms with Crippen LogP contribution in [0.1, 0.15) is 11.1 Å². The van der Waals surface area contributed by atoms with Gasteiger partial charge in [-0.2, -0.15) is 0 Å². The van der Waals surface area contributed by atoms with Crippen molar-refractivity contribution in [1.82, 2.24) is 4.90 Å². The summed E-state index contributed by atoms with van der Waals surface area (Å²) in [4.78, 5) is 27.7. The van der Waals surface area contributed by atoms with Gasteiger partial charge in [0.05, 0.1) is 13.5 Å². The van der Waals surface area contributed by atoms with E-state index >= 15 is 0 Å². The molecule has 1 amide bonds. The van der Waals surface area contributed by atoms with Crippen LogP contribution in [-0.4, -0.2) is 51.6 Å². The van der Waals surface area contributed by atoms with Crippen molar-refractivity contribution in [2.45, 2.75) is 13.0 Å². The molecule has 6 nitrogen and oxygen atoms in total. The maximum absolute atomic E-state index is 12.2. The van der Waals surface area contributed by atoms with E-state index in [0.717, 1.165) is 16.8 Å². The molecule has 0 saturated heterocycles. The summed E-state index contributed by atoms with van der Waals surface area (Å²) in [5.74, 6) is -0.0117. The van der Waals surface area contributed by atoms with Gasteiger partial charge >= 0.3 is 5.97 Å². The van der Waals surface area contributed by atoms with E-state index in [1.54, 1.807) is 31.2 Å². The number of nitrogens with zero attached hydrogens (tertiary/aromatic N) is 2. The Labute approximate surface area is 160 Å². The van der Waals surface area contributed by atoms with Crippen molar-refractivity contribution in [2.24, 2.45) is 0 Å². The van der Waals surface area contributed by atoms with E-state index in [9.17, 15) is 9.59 Å². The van der Waals surface area contributed by atoms with E-state index in [-0.39, 0.29) is 18.9 Å². The number of hydrogen-bond donors (Lipinski definition) is 0. The molecule has 2 aromatic carbocycles. The average Bonchev–Trinajstić information content (AvgIpc) is 2.66. The Hall–Kier alpha value is -3.02. The Morgan fingerprint density at radius 1 is 0.963 bits per heavy atom. The van der Waals surface area contributed by atoms with Crippen LogP contribution in [0.3, 0.4) is 0 Å². The molecule has 0 saturated carbocycles. The topological polar surface area (TPSA) is 59.1 Å². The minimum atomic E-state index is -0.444. The predicted octanol–water partition coefficient (Wildman–Crippen LogP) is 2.51. The van der Waals surface area contributed by atoms with Gasteiger partial charge in [0.2, 0.25) is 0 Å². The first-order valence-corrected chi connectivity index (χ1v) is 8.68. The van der Waals surface area contributed by atoms with Gasteiger partial charge in [0.25, 0.3) is 5.91 Å². The van der Waals surface area contributed by atoms with Gasteiger partial charge in [-0.05, 0) is 35.4 Å². The average molecular weight is 370 g/mol. The van der Waals surface area contributed by atoms with Crippen molar-refractivity contribution >= 4 is 17.6 Å². The number of amides is 1. The molecule has 2 rings (SSSR count). The normalized spacial score (nSPS) is 10.2. The number of carbonyl (C=O) groups is 2. The molecule has 0 aliphatic rings. The molecule has 0 atom stereocenters. The molecular weight excluding hydrogens is 344 g/mol. The van der Waals surface area contributed by atoms with Crippen molar-refractivity contribution in [3.63, 3.8) is 0 Å². The number of anilines is 1. The van der Waals surface area contributed by atoms with Gasteiger partial charge in [0.15, 0.2) is 6.61 Å². The lowest BCUT2D eigenvalue weighted by molar-refractivity contribution is -0.151.